The molecule has 31 heavy (non-hydrogen) atoms. The molecule has 0 unspecified atom stereocenters. The Morgan fingerprint density at radius 3 is 2.48 bits per heavy atom. The monoisotopic (exact) mass is 453 g/mol. The summed E-state index contributed by atoms with van der Waals surface area (Å²) < 4.78 is 0. The van der Waals surface area contributed by atoms with Gasteiger partial charge in [0.25, 0.3) is 11.8 Å². The van der Waals surface area contributed by atoms with Crippen molar-refractivity contribution < 1.29 is 9.59 Å². The van der Waals surface area contributed by atoms with Crippen LogP contribution in [0.25, 0.3) is 0 Å². The molecule has 2 N–H and O–H groups in total. The first-order valence-corrected chi connectivity index (χ1v) is 11.6. The third-order valence-corrected chi connectivity index (χ3v) is 6.49. The fraction of sp³-hybridized carbons (Fsp3) is 0.250. The van der Waals surface area contributed by atoms with E-state index in [1.807, 2.05) is 17.5 Å². The normalized spacial score (nSPS) is 14.9. The summed E-state index contributed by atoms with van der Waals surface area (Å²) in [5.74, 6) is -0.444. The standard InChI is InChI=1S/C24H24ClN3O2S/c25-18-8-9-20(21(15-18)27-24(30)22-7-4-14-31-22)23(29)26-19-10-12-28(13-11-19)16-17-5-2-1-3-6-17/h1-9,14-15,19H,10-13,16H2,(H,26,29)(H,27,30). The molecule has 2 aromatic carbocycles. The van der Waals surface area contributed by atoms with E-state index in [4.69, 9.17) is 11.6 Å². The van der Waals surface area contributed by atoms with Crippen LogP contribution in [0.1, 0.15) is 38.4 Å². The number of piperidine rings is 1. The zero-order chi connectivity index (χ0) is 21.6. The van der Waals surface area contributed by atoms with Gasteiger partial charge in [-0.3, -0.25) is 14.5 Å². The molecule has 0 bridgehead atoms. The Morgan fingerprint density at radius 2 is 1.77 bits per heavy atom. The summed E-state index contributed by atoms with van der Waals surface area (Å²) >= 11 is 7.47. The molecule has 1 saturated heterocycles. The lowest BCUT2D eigenvalue weighted by Gasteiger charge is -2.32. The lowest BCUT2D eigenvalue weighted by Crippen LogP contribution is -2.44. The van der Waals surface area contributed by atoms with Crippen molar-refractivity contribution >= 4 is 40.4 Å². The Morgan fingerprint density at radius 1 is 1.00 bits per heavy atom. The number of hydrogen-bond acceptors (Lipinski definition) is 4. The minimum atomic E-state index is -0.250. The second kappa shape index (κ2) is 10.1. The van der Waals surface area contributed by atoms with Gasteiger partial charge in [-0.05, 0) is 48.1 Å². The Labute approximate surface area is 191 Å². The zero-order valence-electron chi connectivity index (χ0n) is 17.0. The SMILES string of the molecule is O=C(Nc1cc(Cl)ccc1C(=O)NC1CCN(Cc2ccccc2)CC1)c1cccs1. The van der Waals surface area contributed by atoms with Crippen molar-refractivity contribution in [1.29, 1.82) is 0 Å². The van der Waals surface area contributed by atoms with Crippen LogP contribution in [-0.4, -0.2) is 35.8 Å². The summed E-state index contributed by atoms with van der Waals surface area (Å²) in [7, 11) is 0. The molecule has 4 rings (SSSR count). The molecule has 1 fully saturated rings. The van der Waals surface area contributed by atoms with Gasteiger partial charge in [-0.1, -0.05) is 48.0 Å². The number of nitrogens with zero attached hydrogens (tertiary/aromatic N) is 1. The molecule has 1 aliphatic heterocycles. The first-order chi connectivity index (χ1) is 15.1. The highest BCUT2D eigenvalue weighted by Crippen LogP contribution is 2.23. The highest BCUT2D eigenvalue weighted by atomic mass is 35.5. The van der Waals surface area contributed by atoms with Crippen LogP contribution in [-0.2, 0) is 6.54 Å². The molecule has 0 spiro atoms. The molecule has 0 aliphatic carbocycles. The minimum Gasteiger partial charge on any atom is -0.349 e. The summed E-state index contributed by atoms with van der Waals surface area (Å²) in [6.07, 6.45) is 1.78. The lowest BCUT2D eigenvalue weighted by molar-refractivity contribution is 0.0910. The van der Waals surface area contributed by atoms with E-state index in [9.17, 15) is 9.59 Å². The van der Waals surface area contributed by atoms with E-state index >= 15 is 0 Å². The van der Waals surface area contributed by atoms with Crippen LogP contribution in [0, 0.1) is 0 Å². The highest BCUT2D eigenvalue weighted by molar-refractivity contribution is 7.12. The molecular formula is C24H24ClN3O2S. The van der Waals surface area contributed by atoms with Crippen molar-refractivity contribution in [2.24, 2.45) is 0 Å². The van der Waals surface area contributed by atoms with Crippen LogP contribution < -0.4 is 10.6 Å². The number of likely N-dealkylation sites (tertiary alicyclic amines) is 1. The van der Waals surface area contributed by atoms with Gasteiger partial charge in [0.2, 0.25) is 0 Å². The smallest absolute Gasteiger partial charge is 0.265 e. The molecule has 2 amide bonds. The molecule has 7 heteroatoms. The maximum Gasteiger partial charge on any atom is 0.265 e. The number of amides is 2. The summed E-state index contributed by atoms with van der Waals surface area (Å²) in [6, 6.07) is 19.0. The van der Waals surface area contributed by atoms with Gasteiger partial charge >= 0.3 is 0 Å². The van der Waals surface area contributed by atoms with Gasteiger partial charge in [-0.15, -0.1) is 11.3 Å². The van der Waals surface area contributed by atoms with E-state index in [0.717, 1.165) is 32.5 Å². The molecule has 2 heterocycles. The number of anilines is 1. The van der Waals surface area contributed by atoms with Crippen LogP contribution in [0.3, 0.4) is 0 Å². The van der Waals surface area contributed by atoms with Gasteiger partial charge in [-0.25, -0.2) is 0 Å². The zero-order valence-corrected chi connectivity index (χ0v) is 18.6. The minimum absolute atomic E-state index is 0.107. The maximum atomic E-state index is 13.0. The van der Waals surface area contributed by atoms with Crippen molar-refractivity contribution in [2.45, 2.75) is 25.4 Å². The number of halogens is 1. The van der Waals surface area contributed by atoms with Crippen LogP contribution in [0.5, 0.6) is 0 Å². The Hall–Kier alpha value is -2.67. The highest BCUT2D eigenvalue weighted by Gasteiger charge is 2.23. The van der Waals surface area contributed by atoms with Gasteiger partial charge < -0.3 is 10.6 Å². The number of rotatable bonds is 6. The van der Waals surface area contributed by atoms with Gasteiger partial charge in [0, 0.05) is 30.7 Å². The molecule has 1 aliphatic rings. The molecule has 3 aromatic rings. The lowest BCUT2D eigenvalue weighted by atomic mass is 10.0. The number of benzene rings is 2. The van der Waals surface area contributed by atoms with Crippen molar-refractivity contribution in [1.82, 2.24) is 10.2 Å². The van der Waals surface area contributed by atoms with Gasteiger partial charge in [0.15, 0.2) is 0 Å². The molecule has 160 valence electrons. The number of hydrogen-bond donors (Lipinski definition) is 2. The van der Waals surface area contributed by atoms with E-state index in [0.29, 0.717) is 21.2 Å². The average Bonchev–Trinajstić information content (AvgIpc) is 3.31. The summed E-state index contributed by atoms with van der Waals surface area (Å²) in [4.78, 5) is 28.4. The topological polar surface area (TPSA) is 61.4 Å². The Balaban J connectivity index is 1.36. The fourth-order valence-electron chi connectivity index (χ4n) is 3.75. The first-order valence-electron chi connectivity index (χ1n) is 10.3. The van der Waals surface area contributed by atoms with Crippen molar-refractivity contribution in [3.05, 3.63) is 87.1 Å². The number of thiophene rings is 1. The van der Waals surface area contributed by atoms with E-state index in [-0.39, 0.29) is 17.9 Å². The van der Waals surface area contributed by atoms with Crippen LogP contribution >= 0.6 is 22.9 Å². The van der Waals surface area contributed by atoms with Crippen LogP contribution in [0.2, 0.25) is 5.02 Å². The average molecular weight is 454 g/mol. The van der Waals surface area contributed by atoms with Crippen LogP contribution in [0.15, 0.2) is 66.0 Å². The second-order valence-corrected chi connectivity index (χ2v) is 9.01. The number of carbonyl (C=O) groups is 2. The van der Waals surface area contributed by atoms with E-state index in [1.165, 1.54) is 16.9 Å². The third kappa shape index (κ3) is 5.73. The second-order valence-electron chi connectivity index (χ2n) is 7.63. The number of carbonyl (C=O) groups excluding carboxylic acids is 2. The molecule has 0 radical (unpaired) electrons. The molecular weight excluding hydrogens is 430 g/mol. The van der Waals surface area contributed by atoms with E-state index in [2.05, 4.69) is 39.8 Å². The Bertz CT molecular complexity index is 1030. The van der Waals surface area contributed by atoms with E-state index < -0.39 is 0 Å². The van der Waals surface area contributed by atoms with Gasteiger partial charge in [-0.2, -0.15) is 0 Å². The van der Waals surface area contributed by atoms with Gasteiger partial charge in [0.05, 0.1) is 16.1 Å². The maximum absolute atomic E-state index is 13.0. The quantitative estimate of drug-likeness (QED) is 0.549. The van der Waals surface area contributed by atoms with Crippen LogP contribution in [0.4, 0.5) is 5.69 Å². The first kappa shape index (κ1) is 21.6. The molecule has 5 nitrogen and oxygen atoms in total. The third-order valence-electron chi connectivity index (χ3n) is 5.39. The predicted molar refractivity (Wildman–Crippen MR) is 126 cm³/mol. The van der Waals surface area contributed by atoms with Gasteiger partial charge in [0.1, 0.15) is 0 Å². The van der Waals surface area contributed by atoms with E-state index in [1.54, 1.807) is 24.3 Å². The molecule has 0 saturated carbocycles. The largest absolute Gasteiger partial charge is 0.349 e. The fourth-order valence-corrected chi connectivity index (χ4v) is 4.54. The number of nitrogens with one attached hydrogen (secondary N) is 2. The van der Waals surface area contributed by atoms with Crippen molar-refractivity contribution in [2.75, 3.05) is 18.4 Å². The summed E-state index contributed by atoms with van der Waals surface area (Å²) in [6.45, 7) is 2.79. The van der Waals surface area contributed by atoms with Crippen molar-refractivity contribution in [3.63, 3.8) is 0 Å². The molecule has 0 atom stereocenters. The molecule has 1 aromatic heterocycles. The summed E-state index contributed by atoms with van der Waals surface area (Å²) in [5, 5.41) is 8.26. The predicted octanol–water partition coefficient (Wildman–Crippen LogP) is 5.05. The summed E-state index contributed by atoms with van der Waals surface area (Å²) in [5.41, 5.74) is 2.14. The van der Waals surface area contributed by atoms with Crippen molar-refractivity contribution in [3.8, 4) is 0 Å². The Kier molecular flexibility index (Phi) is 7.02.